The zero-order chi connectivity index (χ0) is 19.4. The number of sulfonamides is 1. The fraction of sp³-hybridized carbons (Fsp3) is 0.368. The first-order valence-electron chi connectivity index (χ1n) is 8.52. The van der Waals surface area contributed by atoms with Crippen molar-refractivity contribution in [3.8, 4) is 23.0 Å². The molecule has 0 aromatic heterocycles. The third-order valence-corrected chi connectivity index (χ3v) is 6.08. The molecule has 7 nitrogen and oxygen atoms in total. The molecule has 8 heteroatoms. The van der Waals surface area contributed by atoms with Gasteiger partial charge in [0.2, 0.25) is 10.0 Å². The third kappa shape index (κ3) is 4.12. The Kier molecular flexibility index (Phi) is 5.76. The van der Waals surface area contributed by atoms with E-state index in [0.717, 1.165) is 12.0 Å². The fourth-order valence-corrected chi connectivity index (χ4v) is 3.98. The molecule has 0 radical (unpaired) electrons. The number of rotatable bonds is 6. The molecule has 1 aliphatic heterocycles. The lowest BCUT2D eigenvalue weighted by Crippen LogP contribution is -2.26. The Morgan fingerprint density at radius 3 is 2.37 bits per heavy atom. The molecule has 0 bridgehead atoms. The summed E-state index contributed by atoms with van der Waals surface area (Å²) in [4.78, 5) is 0.162. The summed E-state index contributed by atoms with van der Waals surface area (Å²) in [5.74, 6) is 2.16. The first kappa shape index (κ1) is 19.3. The van der Waals surface area contributed by atoms with Gasteiger partial charge in [-0.3, -0.25) is 0 Å². The van der Waals surface area contributed by atoms with Crippen LogP contribution in [-0.4, -0.2) is 47.2 Å². The molecule has 0 atom stereocenters. The van der Waals surface area contributed by atoms with Crippen molar-refractivity contribution in [1.29, 1.82) is 0 Å². The lowest BCUT2D eigenvalue weighted by Gasteiger charge is -2.19. The molecule has 0 fully saturated rings. The van der Waals surface area contributed by atoms with E-state index < -0.39 is 10.0 Å². The van der Waals surface area contributed by atoms with Crippen LogP contribution in [0, 0.1) is 0 Å². The van der Waals surface area contributed by atoms with E-state index >= 15 is 0 Å². The van der Waals surface area contributed by atoms with Gasteiger partial charge in [0.15, 0.2) is 23.0 Å². The van der Waals surface area contributed by atoms with Gasteiger partial charge in [-0.2, -0.15) is 4.31 Å². The number of fused-ring (bicyclic) bond motifs is 1. The van der Waals surface area contributed by atoms with Crippen LogP contribution in [0.3, 0.4) is 0 Å². The van der Waals surface area contributed by atoms with Gasteiger partial charge in [-0.15, -0.1) is 0 Å². The average Bonchev–Trinajstić information content (AvgIpc) is 2.92. The molecule has 2 aromatic rings. The van der Waals surface area contributed by atoms with Crippen LogP contribution < -0.4 is 18.9 Å². The first-order chi connectivity index (χ1) is 13.0. The summed E-state index contributed by atoms with van der Waals surface area (Å²) in [5.41, 5.74) is 0.785. The molecular formula is C19H23NO6S. The molecule has 0 amide bonds. The van der Waals surface area contributed by atoms with Gasteiger partial charge < -0.3 is 18.9 Å². The quantitative estimate of drug-likeness (QED) is 0.751. The van der Waals surface area contributed by atoms with Crippen molar-refractivity contribution in [3.05, 3.63) is 42.0 Å². The number of hydrogen-bond acceptors (Lipinski definition) is 6. The van der Waals surface area contributed by atoms with E-state index in [1.807, 2.05) is 0 Å². The Hall–Kier alpha value is -2.45. The summed E-state index contributed by atoms with van der Waals surface area (Å²) in [7, 11) is 0.940. The predicted molar refractivity (Wildman–Crippen MR) is 100 cm³/mol. The lowest BCUT2D eigenvalue weighted by atomic mass is 10.2. The molecule has 0 saturated carbocycles. The largest absolute Gasteiger partial charge is 0.493 e. The second-order valence-corrected chi connectivity index (χ2v) is 8.15. The molecule has 2 aromatic carbocycles. The van der Waals surface area contributed by atoms with Crippen LogP contribution in [0.15, 0.2) is 41.3 Å². The van der Waals surface area contributed by atoms with E-state index in [1.54, 1.807) is 38.5 Å². The zero-order valence-electron chi connectivity index (χ0n) is 15.6. The summed E-state index contributed by atoms with van der Waals surface area (Å²) in [5, 5.41) is 0. The standard InChI is InChI=1S/C19H23NO6S/c1-20(13-14-5-7-16(23-2)18(11-14)24-3)27(21,22)15-6-8-17-19(12-15)26-10-4-9-25-17/h5-8,11-12H,4,9-10,13H2,1-3H3. The minimum absolute atomic E-state index is 0.162. The summed E-state index contributed by atoms with van der Waals surface area (Å²) >= 11 is 0. The van der Waals surface area contributed by atoms with Crippen LogP contribution in [0.5, 0.6) is 23.0 Å². The summed E-state index contributed by atoms with van der Waals surface area (Å²) < 4.78 is 48.9. The van der Waals surface area contributed by atoms with Gasteiger partial charge in [0.1, 0.15) is 0 Å². The third-order valence-electron chi connectivity index (χ3n) is 4.28. The van der Waals surface area contributed by atoms with Gasteiger partial charge in [0, 0.05) is 26.1 Å². The number of hydrogen-bond donors (Lipinski definition) is 0. The molecule has 0 spiro atoms. The lowest BCUT2D eigenvalue weighted by molar-refractivity contribution is 0.297. The van der Waals surface area contributed by atoms with Gasteiger partial charge in [0.05, 0.1) is 32.3 Å². The topological polar surface area (TPSA) is 74.3 Å². The van der Waals surface area contributed by atoms with Gasteiger partial charge >= 0.3 is 0 Å². The van der Waals surface area contributed by atoms with Gasteiger partial charge in [-0.1, -0.05) is 6.07 Å². The Morgan fingerprint density at radius 1 is 0.963 bits per heavy atom. The Balaban J connectivity index is 1.83. The second kappa shape index (κ2) is 8.06. The molecule has 146 valence electrons. The number of methoxy groups -OCH3 is 2. The van der Waals surface area contributed by atoms with E-state index in [9.17, 15) is 8.42 Å². The van der Waals surface area contributed by atoms with Crippen LogP contribution in [0.25, 0.3) is 0 Å². The van der Waals surface area contributed by atoms with E-state index in [2.05, 4.69) is 0 Å². The predicted octanol–water partition coefficient (Wildman–Crippen LogP) is 2.69. The van der Waals surface area contributed by atoms with Crippen molar-refractivity contribution in [2.75, 3.05) is 34.5 Å². The maximum Gasteiger partial charge on any atom is 0.243 e. The summed E-state index contributed by atoms with van der Waals surface area (Å²) in [6.07, 6.45) is 0.760. The second-order valence-electron chi connectivity index (χ2n) is 6.11. The Morgan fingerprint density at radius 2 is 1.67 bits per heavy atom. The van der Waals surface area contributed by atoms with Gasteiger partial charge in [-0.25, -0.2) is 8.42 Å². The molecule has 0 unspecified atom stereocenters. The molecule has 0 saturated heterocycles. The van der Waals surface area contributed by atoms with Crippen LogP contribution in [0.4, 0.5) is 0 Å². The van der Waals surface area contributed by atoms with Crippen molar-refractivity contribution in [2.24, 2.45) is 0 Å². The van der Waals surface area contributed by atoms with E-state index in [1.165, 1.54) is 23.5 Å². The highest BCUT2D eigenvalue weighted by atomic mass is 32.2. The number of nitrogens with zero attached hydrogens (tertiary/aromatic N) is 1. The highest BCUT2D eigenvalue weighted by Crippen LogP contribution is 2.33. The zero-order valence-corrected chi connectivity index (χ0v) is 16.4. The molecule has 1 aliphatic rings. The van der Waals surface area contributed by atoms with E-state index in [0.29, 0.717) is 36.2 Å². The number of benzene rings is 2. The van der Waals surface area contributed by atoms with Crippen LogP contribution in [0.2, 0.25) is 0 Å². The van der Waals surface area contributed by atoms with Crippen LogP contribution in [0.1, 0.15) is 12.0 Å². The van der Waals surface area contributed by atoms with Crippen molar-refractivity contribution in [1.82, 2.24) is 4.31 Å². The highest BCUT2D eigenvalue weighted by molar-refractivity contribution is 7.89. The maximum absolute atomic E-state index is 13.0. The van der Waals surface area contributed by atoms with E-state index in [4.69, 9.17) is 18.9 Å². The van der Waals surface area contributed by atoms with E-state index in [-0.39, 0.29) is 11.4 Å². The summed E-state index contributed by atoms with van der Waals surface area (Å²) in [6.45, 7) is 1.24. The monoisotopic (exact) mass is 393 g/mol. The Labute approximate surface area is 159 Å². The average molecular weight is 393 g/mol. The highest BCUT2D eigenvalue weighted by Gasteiger charge is 2.24. The van der Waals surface area contributed by atoms with Crippen molar-refractivity contribution >= 4 is 10.0 Å². The normalized spacial score (nSPS) is 13.9. The van der Waals surface area contributed by atoms with Crippen molar-refractivity contribution < 1.29 is 27.4 Å². The minimum Gasteiger partial charge on any atom is -0.493 e. The maximum atomic E-state index is 13.0. The van der Waals surface area contributed by atoms with Gasteiger partial charge in [-0.05, 0) is 29.8 Å². The summed E-state index contributed by atoms with van der Waals surface area (Å²) in [6, 6.07) is 10.0. The number of ether oxygens (including phenoxy) is 4. The van der Waals surface area contributed by atoms with Crippen molar-refractivity contribution in [2.45, 2.75) is 17.9 Å². The van der Waals surface area contributed by atoms with Gasteiger partial charge in [0.25, 0.3) is 0 Å². The molecular weight excluding hydrogens is 370 g/mol. The molecule has 3 rings (SSSR count). The minimum atomic E-state index is -3.69. The van der Waals surface area contributed by atoms with Crippen LogP contribution in [-0.2, 0) is 16.6 Å². The van der Waals surface area contributed by atoms with Crippen LogP contribution >= 0.6 is 0 Å². The van der Waals surface area contributed by atoms with Crippen molar-refractivity contribution in [3.63, 3.8) is 0 Å². The first-order valence-corrected chi connectivity index (χ1v) is 9.96. The smallest absolute Gasteiger partial charge is 0.243 e. The molecule has 0 N–H and O–H groups in total. The molecule has 0 aliphatic carbocycles. The molecule has 1 heterocycles. The SMILES string of the molecule is COc1ccc(CN(C)S(=O)(=O)c2ccc3c(c2)OCCCO3)cc1OC. The molecule has 27 heavy (non-hydrogen) atoms. The Bertz CT molecular complexity index is 912. The fourth-order valence-electron chi connectivity index (χ4n) is 2.81.